The summed E-state index contributed by atoms with van der Waals surface area (Å²) in [6.45, 7) is 0. The van der Waals surface area contributed by atoms with Crippen molar-refractivity contribution in [3.8, 4) is 44.9 Å². The Bertz CT molecular complexity index is 2470. The molecule has 0 bridgehead atoms. The number of allylic oxidation sites excluding steroid dienone is 4. The molecule has 1 aromatic heterocycles. The van der Waals surface area contributed by atoms with Crippen LogP contribution in [0.15, 0.2) is 176 Å². The van der Waals surface area contributed by atoms with E-state index in [0.29, 0.717) is 0 Å². The molecule has 8 aromatic rings. The minimum absolute atomic E-state index is 0.206. The van der Waals surface area contributed by atoms with Crippen LogP contribution in [0.5, 0.6) is 0 Å². The fraction of sp³-hybridized carbons (Fsp3) is 0.0435. The zero-order chi connectivity index (χ0) is 31.9. The number of rotatable bonds is 5. The van der Waals surface area contributed by atoms with Crippen LogP contribution in [0.4, 0.5) is 0 Å². The highest BCUT2D eigenvalue weighted by molar-refractivity contribution is 6.21. The Morgan fingerprint density at radius 2 is 1.04 bits per heavy atom. The second-order valence-corrected chi connectivity index (χ2v) is 12.5. The van der Waals surface area contributed by atoms with Gasteiger partial charge in [-0.25, -0.2) is 9.97 Å². The lowest BCUT2D eigenvalue weighted by atomic mass is 9.86. The largest absolute Gasteiger partial charge is 0.232 e. The molecule has 0 radical (unpaired) electrons. The van der Waals surface area contributed by atoms with E-state index < -0.39 is 0 Å². The highest BCUT2D eigenvalue weighted by Crippen LogP contribution is 2.44. The molecule has 226 valence electrons. The maximum absolute atomic E-state index is 5.28. The van der Waals surface area contributed by atoms with E-state index in [2.05, 4.69) is 170 Å². The molecule has 0 amide bonds. The van der Waals surface area contributed by atoms with E-state index in [1.54, 1.807) is 0 Å². The van der Waals surface area contributed by atoms with Crippen molar-refractivity contribution in [2.75, 3.05) is 0 Å². The number of hydrogen-bond acceptors (Lipinski definition) is 2. The van der Waals surface area contributed by atoms with E-state index in [1.165, 1.54) is 54.6 Å². The van der Waals surface area contributed by atoms with E-state index in [-0.39, 0.29) is 5.92 Å². The van der Waals surface area contributed by atoms with Gasteiger partial charge in [-0.3, -0.25) is 0 Å². The van der Waals surface area contributed by atoms with E-state index >= 15 is 0 Å². The van der Waals surface area contributed by atoms with Gasteiger partial charge < -0.3 is 0 Å². The van der Waals surface area contributed by atoms with Gasteiger partial charge in [-0.2, -0.15) is 0 Å². The SMILES string of the molecule is C1=CCC(c2cc(-c3c4ccccc4c(-c4ccc(-c5ccc6ccccc6c5)cc4)c4ccccc34)nc(-c3ccccc3)n2)C=C1. The number of fused-ring (bicyclic) bond motifs is 3. The van der Waals surface area contributed by atoms with E-state index in [1.807, 2.05) is 6.07 Å². The molecule has 1 aliphatic carbocycles. The van der Waals surface area contributed by atoms with Crippen LogP contribution in [0, 0.1) is 0 Å². The Morgan fingerprint density at radius 1 is 0.438 bits per heavy atom. The van der Waals surface area contributed by atoms with E-state index in [0.717, 1.165) is 34.8 Å². The molecule has 0 saturated carbocycles. The van der Waals surface area contributed by atoms with Gasteiger partial charge in [0, 0.05) is 17.0 Å². The predicted molar refractivity (Wildman–Crippen MR) is 202 cm³/mol. The summed E-state index contributed by atoms with van der Waals surface area (Å²) in [6, 6.07) is 54.4. The molecule has 2 nitrogen and oxygen atoms in total. The van der Waals surface area contributed by atoms with Crippen molar-refractivity contribution >= 4 is 32.3 Å². The first-order chi connectivity index (χ1) is 23.8. The minimum Gasteiger partial charge on any atom is -0.232 e. The van der Waals surface area contributed by atoms with Crippen molar-refractivity contribution < 1.29 is 0 Å². The third-order valence-corrected chi connectivity index (χ3v) is 9.58. The molecule has 1 atom stereocenters. The van der Waals surface area contributed by atoms with Gasteiger partial charge in [-0.05, 0) is 73.1 Å². The summed E-state index contributed by atoms with van der Waals surface area (Å²) < 4.78 is 0. The topological polar surface area (TPSA) is 25.8 Å². The van der Waals surface area contributed by atoms with Crippen molar-refractivity contribution in [1.82, 2.24) is 9.97 Å². The Morgan fingerprint density at radius 3 is 1.73 bits per heavy atom. The van der Waals surface area contributed by atoms with Crippen LogP contribution in [0.1, 0.15) is 18.0 Å². The molecule has 0 spiro atoms. The number of hydrogen-bond donors (Lipinski definition) is 0. The maximum atomic E-state index is 5.28. The van der Waals surface area contributed by atoms with Crippen molar-refractivity contribution in [1.29, 1.82) is 0 Å². The zero-order valence-electron chi connectivity index (χ0n) is 26.4. The van der Waals surface area contributed by atoms with E-state index in [9.17, 15) is 0 Å². The molecular weight excluding hydrogens is 581 g/mol. The summed E-state index contributed by atoms with van der Waals surface area (Å²) >= 11 is 0. The van der Waals surface area contributed by atoms with E-state index in [4.69, 9.17) is 9.97 Å². The lowest BCUT2D eigenvalue weighted by Gasteiger charge is -2.19. The average molecular weight is 613 g/mol. The van der Waals surface area contributed by atoms with Gasteiger partial charge in [-0.15, -0.1) is 0 Å². The summed E-state index contributed by atoms with van der Waals surface area (Å²) in [5.41, 5.74) is 9.04. The second-order valence-electron chi connectivity index (χ2n) is 12.5. The maximum Gasteiger partial charge on any atom is 0.160 e. The van der Waals surface area contributed by atoms with Crippen LogP contribution in [-0.2, 0) is 0 Å². The Kier molecular flexibility index (Phi) is 6.98. The normalized spacial score (nSPS) is 14.2. The van der Waals surface area contributed by atoms with Gasteiger partial charge in [0.2, 0.25) is 0 Å². The first kappa shape index (κ1) is 28.1. The first-order valence-electron chi connectivity index (χ1n) is 16.6. The van der Waals surface area contributed by atoms with Gasteiger partial charge in [0.1, 0.15) is 0 Å². The number of nitrogens with zero attached hydrogens (tertiary/aromatic N) is 2. The molecule has 1 unspecified atom stereocenters. The smallest absolute Gasteiger partial charge is 0.160 e. The van der Waals surface area contributed by atoms with Crippen molar-refractivity contribution in [3.63, 3.8) is 0 Å². The van der Waals surface area contributed by atoms with Crippen LogP contribution < -0.4 is 0 Å². The monoisotopic (exact) mass is 612 g/mol. The summed E-state index contributed by atoms with van der Waals surface area (Å²) in [4.78, 5) is 10.4. The molecule has 7 aromatic carbocycles. The Hall–Kier alpha value is -6.12. The summed E-state index contributed by atoms with van der Waals surface area (Å²) in [7, 11) is 0. The Labute approximate surface area is 280 Å². The fourth-order valence-corrected chi connectivity index (χ4v) is 7.21. The molecule has 1 heterocycles. The molecular formula is C46H32N2. The molecule has 48 heavy (non-hydrogen) atoms. The summed E-state index contributed by atoms with van der Waals surface area (Å²) in [5, 5.41) is 7.32. The molecule has 1 aliphatic rings. The van der Waals surface area contributed by atoms with Gasteiger partial charge in [0.15, 0.2) is 5.82 Å². The highest BCUT2D eigenvalue weighted by atomic mass is 14.9. The van der Waals surface area contributed by atoms with Crippen LogP contribution in [0.2, 0.25) is 0 Å². The van der Waals surface area contributed by atoms with Crippen molar-refractivity contribution in [2.24, 2.45) is 0 Å². The second kappa shape index (κ2) is 11.9. The fourth-order valence-electron chi connectivity index (χ4n) is 7.21. The molecule has 0 fully saturated rings. The molecule has 9 rings (SSSR count). The quantitative estimate of drug-likeness (QED) is 0.181. The minimum atomic E-state index is 0.206. The molecule has 0 aliphatic heterocycles. The molecule has 2 heteroatoms. The van der Waals surface area contributed by atoms with Crippen LogP contribution in [-0.4, -0.2) is 9.97 Å². The third-order valence-electron chi connectivity index (χ3n) is 9.58. The number of aromatic nitrogens is 2. The van der Waals surface area contributed by atoms with Crippen LogP contribution in [0.25, 0.3) is 77.2 Å². The first-order valence-corrected chi connectivity index (χ1v) is 16.6. The lowest BCUT2D eigenvalue weighted by molar-refractivity contribution is 0.811. The van der Waals surface area contributed by atoms with Gasteiger partial charge in [0.25, 0.3) is 0 Å². The van der Waals surface area contributed by atoms with Crippen molar-refractivity contribution in [2.45, 2.75) is 12.3 Å². The third kappa shape index (κ3) is 4.99. The van der Waals surface area contributed by atoms with Crippen molar-refractivity contribution in [3.05, 3.63) is 182 Å². The highest BCUT2D eigenvalue weighted by Gasteiger charge is 2.21. The summed E-state index contributed by atoms with van der Waals surface area (Å²) in [5.74, 6) is 0.963. The van der Waals surface area contributed by atoms with Gasteiger partial charge >= 0.3 is 0 Å². The predicted octanol–water partition coefficient (Wildman–Crippen LogP) is 12.2. The zero-order valence-corrected chi connectivity index (χ0v) is 26.4. The molecule has 0 saturated heterocycles. The van der Waals surface area contributed by atoms with Crippen LogP contribution >= 0.6 is 0 Å². The van der Waals surface area contributed by atoms with Crippen LogP contribution in [0.3, 0.4) is 0 Å². The standard InChI is InChI=1S/C46H32N2/c1-3-14-33(15-4-1)42-30-43(48-46(47-42)35-16-5-2-6-17-35)45-40-21-11-9-19-38(40)44(39-20-10-12-22-41(39)45)34-26-23-32(24-27-34)37-28-25-31-13-7-8-18-36(31)29-37/h1-14,16-30,33H,15H2. The summed E-state index contributed by atoms with van der Waals surface area (Å²) in [6.07, 6.45) is 9.64. The Balaban J connectivity index is 1.24. The molecule has 0 N–H and O–H groups in total. The number of benzene rings is 7. The van der Waals surface area contributed by atoms with Gasteiger partial charge in [0.05, 0.1) is 11.4 Å². The average Bonchev–Trinajstić information content (AvgIpc) is 3.17. The lowest BCUT2D eigenvalue weighted by Crippen LogP contribution is -2.04. The van der Waals surface area contributed by atoms with Gasteiger partial charge in [-0.1, -0.05) is 164 Å².